The zero-order valence-electron chi connectivity index (χ0n) is 11.4. The van der Waals surface area contributed by atoms with Crippen LogP contribution in [0.5, 0.6) is 0 Å². The zero-order chi connectivity index (χ0) is 14.5. The van der Waals surface area contributed by atoms with E-state index >= 15 is 0 Å². The van der Waals surface area contributed by atoms with Gasteiger partial charge in [-0.25, -0.2) is 0 Å². The standard InChI is InChI=1S/C16H19NO3/c1-17-9-8-14(19)16(20)15-12(10-18)7-6-11-4-2-3-5-13(11)15/h2-7,10,14,16-17,19-20H,8-9H2,1H3. The average molecular weight is 273 g/mol. The molecule has 2 rings (SSSR count). The van der Waals surface area contributed by atoms with E-state index in [9.17, 15) is 15.0 Å². The van der Waals surface area contributed by atoms with Gasteiger partial charge in [0.05, 0.1) is 6.10 Å². The van der Waals surface area contributed by atoms with Crippen molar-refractivity contribution >= 4 is 17.1 Å². The Morgan fingerprint density at radius 1 is 1.20 bits per heavy atom. The Morgan fingerprint density at radius 2 is 1.95 bits per heavy atom. The van der Waals surface area contributed by atoms with E-state index in [4.69, 9.17) is 0 Å². The van der Waals surface area contributed by atoms with Crippen LogP contribution in [0, 0.1) is 0 Å². The molecule has 4 nitrogen and oxygen atoms in total. The summed E-state index contributed by atoms with van der Waals surface area (Å²) in [4.78, 5) is 11.2. The van der Waals surface area contributed by atoms with Crippen LogP contribution in [-0.2, 0) is 0 Å². The molecule has 4 heteroatoms. The van der Waals surface area contributed by atoms with Gasteiger partial charge in [-0.15, -0.1) is 0 Å². The molecule has 106 valence electrons. The SMILES string of the molecule is CNCCC(O)C(O)c1c(C=O)ccc2ccccc12. The van der Waals surface area contributed by atoms with Gasteiger partial charge in [-0.2, -0.15) is 0 Å². The lowest BCUT2D eigenvalue weighted by Crippen LogP contribution is -2.24. The highest BCUT2D eigenvalue weighted by Gasteiger charge is 2.22. The summed E-state index contributed by atoms with van der Waals surface area (Å²) in [5.74, 6) is 0. The molecule has 0 fully saturated rings. The van der Waals surface area contributed by atoms with Gasteiger partial charge in [0.15, 0.2) is 0 Å². The second-order valence-corrected chi connectivity index (χ2v) is 4.81. The number of carbonyl (C=O) groups excluding carboxylic acids is 1. The minimum absolute atomic E-state index is 0.416. The maximum absolute atomic E-state index is 11.2. The van der Waals surface area contributed by atoms with Crippen molar-refractivity contribution < 1.29 is 15.0 Å². The van der Waals surface area contributed by atoms with E-state index in [1.165, 1.54) is 0 Å². The topological polar surface area (TPSA) is 69.6 Å². The number of aliphatic hydroxyl groups is 2. The number of hydrogen-bond acceptors (Lipinski definition) is 4. The molecule has 0 amide bonds. The van der Waals surface area contributed by atoms with Gasteiger partial charge >= 0.3 is 0 Å². The summed E-state index contributed by atoms with van der Waals surface area (Å²) >= 11 is 0. The molecule has 20 heavy (non-hydrogen) atoms. The lowest BCUT2D eigenvalue weighted by Gasteiger charge is -2.21. The van der Waals surface area contributed by atoms with Gasteiger partial charge in [0.25, 0.3) is 0 Å². The summed E-state index contributed by atoms with van der Waals surface area (Å²) in [6.45, 7) is 0.597. The molecule has 0 aromatic heterocycles. The molecular formula is C16H19NO3. The first kappa shape index (κ1) is 14.7. The van der Waals surface area contributed by atoms with Crippen LogP contribution in [0.2, 0.25) is 0 Å². The van der Waals surface area contributed by atoms with Gasteiger partial charge in [0, 0.05) is 11.1 Å². The first-order valence-corrected chi connectivity index (χ1v) is 6.66. The first-order valence-electron chi connectivity index (χ1n) is 6.66. The molecule has 0 saturated heterocycles. The Balaban J connectivity index is 2.47. The number of rotatable bonds is 6. The van der Waals surface area contributed by atoms with Crippen molar-refractivity contribution in [3.8, 4) is 0 Å². The zero-order valence-corrected chi connectivity index (χ0v) is 11.4. The van der Waals surface area contributed by atoms with Crippen molar-refractivity contribution in [1.29, 1.82) is 0 Å². The van der Waals surface area contributed by atoms with Gasteiger partial charge in [-0.3, -0.25) is 4.79 Å². The predicted octanol–water partition coefficient (Wildman–Crippen LogP) is 1.66. The molecule has 2 aromatic rings. The lowest BCUT2D eigenvalue weighted by atomic mass is 9.92. The maximum Gasteiger partial charge on any atom is 0.150 e. The summed E-state index contributed by atoms with van der Waals surface area (Å²) in [5.41, 5.74) is 0.918. The van der Waals surface area contributed by atoms with Crippen molar-refractivity contribution in [3.63, 3.8) is 0 Å². The van der Waals surface area contributed by atoms with Crippen LogP contribution in [-0.4, -0.2) is 36.2 Å². The molecule has 0 bridgehead atoms. The molecule has 0 aliphatic carbocycles. The summed E-state index contributed by atoms with van der Waals surface area (Å²) in [6, 6.07) is 11.0. The third kappa shape index (κ3) is 2.88. The fraction of sp³-hybridized carbons (Fsp3) is 0.312. The minimum Gasteiger partial charge on any atom is -0.390 e. The Kier molecular flexibility index (Phi) is 4.84. The van der Waals surface area contributed by atoms with Crippen LogP contribution in [0.3, 0.4) is 0 Å². The molecule has 0 aliphatic rings. The largest absolute Gasteiger partial charge is 0.390 e. The van der Waals surface area contributed by atoms with E-state index in [0.717, 1.165) is 17.1 Å². The molecule has 2 aromatic carbocycles. The molecule has 3 N–H and O–H groups in total. The van der Waals surface area contributed by atoms with Crippen molar-refractivity contribution in [2.45, 2.75) is 18.6 Å². The quantitative estimate of drug-likeness (QED) is 0.700. The fourth-order valence-corrected chi connectivity index (χ4v) is 2.39. The molecule has 0 heterocycles. The fourth-order valence-electron chi connectivity index (χ4n) is 2.39. The van der Waals surface area contributed by atoms with E-state index in [2.05, 4.69) is 5.32 Å². The maximum atomic E-state index is 11.2. The van der Waals surface area contributed by atoms with E-state index in [0.29, 0.717) is 24.1 Å². The highest BCUT2D eigenvalue weighted by Crippen LogP contribution is 2.30. The third-order valence-electron chi connectivity index (χ3n) is 3.48. The molecule has 0 aliphatic heterocycles. The summed E-state index contributed by atoms with van der Waals surface area (Å²) in [5, 5.41) is 25.1. The van der Waals surface area contributed by atoms with Gasteiger partial charge in [-0.1, -0.05) is 36.4 Å². The Morgan fingerprint density at radius 3 is 2.65 bits per heavy atom. The van der Waals surface area contributed by atoms with E-state index in [1.54, 1.807) is 13.1 Å². The average Bonchev–Trinajstić information content (AvgIpc) is 2.50. The number of hydrogen-bond donors (Lipinski definition) is 3. The molecule has 2 atom stereocenters. The first-order chi connectivity index (χ1) is 9.69. The Hall–Kier alpha value is -1.75. The van der Waals surface area contributed by atoms with Crippen LogP contribution in [0.15, 0.2) is 36.4 Å². The molecular weight excluding hydrogens is 254 g/mol. The van der Waals surface area contributed by atoms with Gasteiger partial charge in [0.2, 0.25) is 0 Å². The highest BCUT2D eigenvalue weighted by atomic mass is 16.3. The van der Waals surface area contributed by atoms with Crippen LogP contribution < -0.4 is 5.32 Å². The summed E-state index contributed by atoms with van der Waals surface area (Å²) in [7, 11) is 1.79. The number of aldehydes is 1. The highest BCUT2D eigenvalue weighted by molar-refractivity contribution is 5.93. The van der Waals surface area contributed by atoms with Crippen molar-refractivity contribution in [2.24, 2.45) is 0 Å². The van der Waals surface area contributed by atoms with Crippen molar-refractivity contribution in [3.05, 3.63) is 47.5 Å². The lowest BCUT2D eigenvalue weighted by molar-refractivity contribution is 0.0146. The van der Waals surface area contributed by atoms with Crippen LogP contribution in [0.4, 0.5) is 0 Å². The normalized spacial score (nSPS) is 14.2. The smallest absolute Gasteiger partial charge is 0.150 e. The number of fused-ring (bicyclic) bond motifs is 1. The third-order valence-corrected chi connectivity index (χ3v) is 3.48. The van der Waals surface area contributed by atoms with Crippen molar-refractivity contribution in [1.82, 2.24) is 5.32 Å². The van der Waals surface area contributed by atoms with Gasteiger partial charge in [0.1, 0.15) is 12.4 Å². The van der Waals surface area contributed by atoms with Crippen LogP contribution >= 0.6 is 0 Å². The summed E-state index contributed by atoms with van der Waals surface area (Å²) in [6.07, 6.45) is -0.851. The molecule has 0 radical (unpaired) electrons. The van der Waals surface area contributed by atoms with Gasteiger partial charge in [-0.05, 0) is 30.8 Å². The summed E-state index contributed by atoms with van der Waals surface area (Å²) < 4.78 is 0. The number of aliphatic hydroxyl groups excluding tert-OH is 2. The molecule has 2 unspecified atom stereocenters. The minimum atomic E-state index is -1.07. The predicted molar refractivity (Wildman–Crippen MR) is 78.8 cm³/mol. The van der Waals surface area contributed by atoms with E-state index < -0.39 is 12.2 Å². The van der Waals surface area contributed by atoms with E-state index in [1.807, 2.05) is 30.3 Å². The van der Waals surface area contributed by atoms with Crippen LogP contribution in [0.25, 0.3) is 10.8 Å². The van der Waals surface area contributed by atoms with E-state index in [-0.39, 0.29) is 0 Å². The number of benzene rings is 2. The second kappa shape index (κ2) is 6.61. The Labute approximate surface area is 118 Å². The number of carbonyl (C=O) groups is 1. The van der Waals surface area contributed by atoms with Crippen LogP contribution in [0.1, 0.15) is 28.4 Å². The monoisotopic (exact) mass is 273 g/mol. The van der Waals surface area contributed by atoms with Gasteiger partial charge < -0.3 is 15.5 Å². The molecule has 0 saturated carbocycles. The second-order valence-electron chi connectivity index (χ2n) is 4.81. The number of nitrogens with one attached hydrogen (secondary N) is 1. The van der Waals surface area contributed by atoms with Crippen molar-refractivity contribution in [2.75, 3.05) is 13.6 Å². The molecule has 0 spiro atoms. The Bertz CT molecular complexity index is 597.